The van der Waals surface area contributed by atoms with Crippen molar-refractivity contribution in [3.05, 3.63) is 0 Å². The van der Waals surface area contributed by atoms with Gasteiger partial charge in [-0.05, 0) is 32.1 Å². The zero-order chi connectivity index (χ0) is 9.52. The Balaban J connectivity index is 2.33. The average Bonchev–Trinajstić information content (AvgIpc) is 2.17. The van der Waals surface area contributed by atoms with Crippen LogP contribution in [0.3, 0.4) is 0 Å². The van der Waals surface area contributed by atoms with Crippen LogP contribution in [0.1, 0.15) is 45.4 Å². The molecule has 1 fully saturated rings. The molecule has 0 aromatic rings. The summed E-state index contributed by atoms with van der Waals surface area (Å²) in [4.78, 5) is 0. The number of ether oxygens (including phenoxy) is 1. The molecule has 2 atom stereocenters. The molecule has 13 heavy (non-hydrogen) atoms. The van der Waals surface area contributed by atoms with E-state index < -0.39 is 0 Å². The molecule has 1 saturated carbocycles. The van der Waals surface area contributed by atoms with Crippen LogP contribution in [0.4, 0.5) is 0 Å². The number of rotatable bonds is 4. The van der Waals surface area contributed by atoms with Crippen LogP contribution >= 0.6 is 0 Å². The lowest BCUT2D eigenvalue weighted by Crippen LogP contribution is -2.27. The molecule has 1 aliphatic carbocycles. The van der Waals surface area contributed by atoms with Crippen molar-refractivity contribution < 1.29 is 4.74 Å². The predicted molar refractivity (Wildman–Crippen MR) is 52.2 cm³/mol. The molecule has 0 amide bonds. The van der Waals surface area contributed by atoms with Crippen molar-refractivity contribution in [3.8, 4) is 6.07 Å². The van der Waals surface area contributed by atoms with Crippen molar-refractivity contribution in [1.82, 2.24) is 0 Å². The molecule has 1 rings (SSSR count). The first-order chi connectivity index (χ1) is 6.38. The lowest BCUT2D eigenvalue weighted by Gasteiger charge is -2.30. The quantitative estimate of drug-likeness (QED) is 0.668. The van der Waals surface area contributed by atoms with E-state index >= 15 is 0 Å². The van der Waals surface area contributed by atoms with E-state index in [1.807, 2.05) is 0 Å². The van der Waals surface area contributed by atoms with Gasteiger partial charge in [-0.15, -0.1) is 0 Å². The summed E-state index contributed by atoms with van der Waals surface area (Å²) in [7, 11) is 0. The Labute approximate surface area is 80.9 Å². The Hall–Kier alpha value is -0.550. The number of hydrogen-bond donors (Lipinski definition) is 0. The van der Waals surface area contributed by atoms with Crippen molar-refractivity contribution in [2.45, 2.75) is 51.6 Å². The van der Waals surface area contributed by atoms with Crippen LogP contribution in [-0.2, 0) is 4.74 Å². The Morgan fingerprint density at radius 3 is 2.85 bits per heavy atom. The van der Waals surface area contributed by atoms with Crippen LogP contribution in [0.2, 0.25) is 0 Å². The Bertz CT molecular complexity index is 171. The van der Waals surface area contributed by atoms with Crippen molar-refractivity contribution in [3.63, 3.8) is 0 Å². The average molecular weight is 181 g/mol. The zero-order valence-electron chi connectivity index (χ0n) is 8.46. The second-order valence-electron chi connectivity index (χ2n) is 3.74. The van der Waals surface area contributed by atoms with E-state index in [4.69, 9.17) is 10.00 Å². The van der Waals surface area contributed by atoms with Gasteiger partial charge < -0.3 is 4.74 Å². The minimum absolute atomic E-state index is 0.437. The third-order valence-corrected chi connectivity index (χ3v) is 2.85. The largest absolute Gasteiger partial charge is 0.378 e. The maximum atomic E-state index is 8.52. The monoisotopic (exact) mass is 181 g/mol. The second-order valence-corrected chi connectivity index (χ2v) is 3.74. The predicted octanol–water partition coefficient (Wildman–Crippen LogP) is 2.89. The highest BCUT2D eigenvalue weighted by Gasteiger charge is 2.24. The molecule has 74 valence electrons. The smallest absolute Gasteiger partial charge is 0.0621 e. The summed E-state index contributed by atoms with van der Waals surface area (Å²) in [5.74, 6) is 0.647. The van der Waals surface area contributed by atoms with Gasteiger partial charge in [0.15, 0.2) is 0 Å². The Kier molecular flexibility index (Phi) is 4.85. The third kappa shape index (κ3) is 3.36. The molecular formula is C11H19NO. The summed E-state index contributed by atoms with van der Waals surface area (Å²) in [5, 5.41) is 8.52. The molecule has 0 heterocycles. The van der Waals surface area contributed by atoms with Crippen molar-refractivity contribution in [2.75, 3.05) is 6.61 Å². The summed E-state index contributed by atoms with van der Waals surface area (Å²) < 4.78 is 5.68. The first kappa shape index (κ1) is 10.5. The summed E-state index contributed by atoms with van der Waals surface area (Å²) in [6.07, 6.45) is 7.23. The Morgan fingerprint density at radius 2 is 2.15 bits per heavy atom. The minimum Gasteiger partial charge on any atom is -0.378 e. The maximum Gasteiger partial charge on any atom is 0.0621 e. The van der Waals surface area contributed by atoms with E-state index in [1.54, 1.807) is 0 Å². The number of nitrogens with zero attached hydrogens (tertiary/aromatic N) is 1. The molecule has 2 unspecified atom stereocenters. The van der Waals surface area contributed by atoms with Gasteiger partial charge in [-0.3, -0.25) is 0 Å². The van der Waals surface area contributed by atoms with E-state index in [0.29, 0.717) is 18.4 Å². The van der Waals surface area contributed by atoms with E-state index in [2.05, 4.69) is 13.0 Å². The lowest BCUT2D eigenvalue weighted by atomic mass is 9.83. The standard InChI is InChI=1S/C11H19NO/c1-2-13-11-8-4-3-6-10(11)7-5-9-12/h10-11H,2-8H2,1H3. The van der Waals surface area contributed by atoms with E-state index in [-0.39, 0.29) is 0 Å². The van der Waals surface area contributed by atoms with Crippen LogP contribution < -0.4 is 0 Å². The molecular weight excluding hydrogens is 162 g/mol. The van der Waals surface area contributed by atoms with Gasteiger partial charge in [-0.2, -0.15) is 5.26 Å². The summed E-state index contributed by atoms with van der Waals surface area (Å²) >= 11 is 0. The van der Waals surface area contributed by atoms with E-state index in [0.717, 1.165) is 13.0 Å². The SMILES string of the molecule is CCOC1CCCCC1CCC#N. The fraction of sp³-hybridized carbons (Fsp3) is 0.909. The van der Waals surface area contributed by atoms with Crippen LogP contribution in [0.15, 0.2) is 0 Å². The van der Waals surface area contributed by atoms with Gasteiger partial charge in [0.05, 0.1) is 12.2 Å². The molecule has 0 spiro atoms. The summed E-state index contributed by atoms with van der Waals surface area (Å²) in [6, 6.07) is 2.22. The van der Waals surface area contributed by atoms with Gasteiger partial charge in [-0.1, -0.05) is 12.8 Å². The zero-order valence-corrected chi connectivity index (χ0v) is 8.46. The highest BCUT2D eigenvalue weighted by Crippen LogP contribution is 2.29. The maximum absolute atomic E-state index is 8.52. The number of hydrogen-bond acceptors (Lipinski definition) is 2. The van der Waals surface area contributed by atoms with Gasteiger partial charge in [-0.25, -0.2) is 0 Å². The molecule has 0 bridgehead atoms. The first-order valence-corrected chi connectivity index (χ1v) is 5.37. The topological polar surface area (TPSA) is 33.0 Å². The van der Waals surface area contributed by atoms with E-state index in [9.17, 15) is 0 Å². The molecule has 0 aromatic carbocycles. The van der Waals surface area contributed by atoms with Crippen LogP contribution in [0, 0.1) is 17.2 Å². The fourth-order valence-electron chi connectivity index (χ4n) is 2.19. The summed E-state index contributed by atoms with van der Waals surface area (Å²) in [5.41, 5.74) is 0. The first-order valence-electron chi connectivity index (χ1n) is 5.37. The van der Waals surface area contributed by atoms with Crippen molar-refractivity contribution in [2.24, 2.45) is 5.92 Å². The van der Waals surface area contributed by atoms with Gasteiger partial charge in [0.1, 0.15) is 0 Å². The molecule has 0 N–H and O–H groups in total. The molecule has 0 radical (unpaired) electrons. The van der Waals surface area contributed by atoms with Crippen molar-refractivity contribution in [1.29, 1.82) is 5.26 Å². The van der Waals surface area contributed by atoms with E-state index in [1.165, 1.54) is 25.7 Å². The highest BCUT2D eigenvalue weighted by atomic mass is 16.5. The molecule has 2 heteroatoms. The summed E-state index contributed by atoms with van der Waals surface area (Å²) in [6.45, 7) is 2.86. The molecule has 2 nitrogen and oxygen atoms in total. The molecule has 0 aliphatic heterocycles. The molecule has 1 aliphatic rings. The molecule has 0 saturated heterocycles. The van der Waals surface area contributed by atoms with Gasteiger partial charge in [0.25, 0.3) is 0 Å². The third-order valence-electron chi connectivity index (χ3n) is 2.85. The van der Waals surface area contributed by atoms with Gasteiger partial charge in [0.2, 0.25) is 0 Å². The van der Waals surface area contributed by atoms with Crippen LogP contribution in [-0.4, -0.2) is 12.7 Å². The Morgan fingerprint density at radius 1 is 1.38 bits per heavy atom. The van der Waals surface area contributed by atoms with Crippen LogP contribution in [0.5, 0.6) is 0 Å². The van der Waals surface area contributed by atoms with Gasteiger partial charge in [0, 0.05) is 13.0 Å². The van der Waals surface area contributed by atoms with Gasteiger partial charge >= 0.3 is 0 Å². The number of nitriles is 1. The van der Waals surface area contributed by atoms with Crippen molar-refractivity contribution >= 4 is 0 Å². The normalized spacial score (nSPS) is 28.3. The second kappa shape index (κ2) is 5.99. The minimum atomic E-state index is 0.437. The van der Waals surface area contributed by atoms with Crippen LogP contribution in [0.25, 0.3) is 0 Å². The lowest BCUT2D eigenvalue weighted by molar-refractivity contribution is -0.00642. The fourth-order valence-corrected chi connectivity index (χ4v) is 2.19. The molecule has 0 aromatic heterocycles. The highest BCUT2D eigenvalue weighted by molar-refractivity contribution is 4.80.